The molecule has 0 saturated heterocycles. The number of hydrogen-bond acceptors (Lipinski definition) is 2. The molecule has 1 N–H and O–H groups in total. The minimum atomic E-state index is -3.32. The predicted molar refractivity (Wildman–Crippen MR) is 74.4 cm³/mol. The molecule has 0 heterocycles. The second-order valence-electron chi connectivity index (χ2n) is 5.01. The molecule has 0 aliphatic heterocycles. The van der Waals surface area contributed by atoms with Gasteiger partial charge in [-0.2, -0.15) is 0 Å². The van der Waals surface area contributed by atoms with Gasteiger partial charge >= 0.3 is 0 Å². The maximum Gasteiger partial charge on any atom is 0.217 e. The summed E-state index contributed by atoms with van der Waals surface area (Å²) in [4.78, 5) is 0. The molecule has 1 rings (SSSR count). The molecule has 0 fully saturated rings. The Hall–Kier alpha value is -0.390. The van der Waals surface area contributed by atoms with E-state index in [-0.39, 0.29) is 6.04 Å². The quantitative estimate of drug-likeness (QED) is 0.929. The van der Waals surface area contributed by atoms with Crippen LogP contribution >= 0.6 is 15.9 Å². The van der Waals surface area contributed by atoms with Crippen molar-refractivity contribution in [2.45, 2.75) is 38.5 Å². The number of rotatable bonds is 3. The summed E-state index contributed by atoms with van der Waals surface area (Å²) in [7, 11) is -3.32. The minimum Gasteiger partial charge on any atom is -0.212 e. The van der Waals surface area contributed by atoms with Crippen LogP contribution < -0.4 is 4.72 Å². The molecule has 0 radical (unpaired) electrons. The second-order valence-corrected chi connectivity index (χ2v) is 8.39. The summed E-state index contributed by atoms with van der Waals surface area (Å²) in [6.45, 7) is 6.89. The highest BCUT2D eigenvalue weighted by molar-refractivity contribution is 9.10. The van der Waals surface area contributed by atoms with Gasteiger partial charge in [-0.3, -0.25) is 0 Å². The number of sulfonamides is 1. The third-order valence-corrected chi connectivity index (χ3v) is 5.31. The zero-order chi connectivity index (χ0) is 13.3. The van der Waals surface area contributed by atoms with E-state index in [4.69, 9.17) is 0 Å². The van der Waals surface area contributed by atoms with Crippen molar-refractivity contribution in [1.82, 2.24) is 4.72 Å². The van der Waals surface area contributed by atoms with Gasteiger partial charge < -0.3 is 0 Å². The van der Waals surface area contributed by atoms with Crippen LogP contribution in [0.3, 0.4) is 0 Å². The average molecular weight is 320 g/mol. The molecule has 17 heavy (non-hydrogen) atoms. The molecule has 1 aromatic carbocycles. The molecule has 0 aromatic heterocycles. The largest absolute Gasteiger partial charge is 0.217 e. The van der Waals surface area contributed by atoms with Crippen molar-refractivity contribution < 1.29 is 8.42 Å². The Kier molecular flexibility index (Phi) is 4.38. The van der Waals surface area contributed by atoms with Crippen LogP contribution in [0.5, 0.6) is 0 Å². The fraction of sp³-hybridized carbons (Fsp3) is 0.500. The first-order valence-corrected chi connectivity index (χ1v) is 7.68. The monoisotopic (exact) mass is 319 g/mol. The fourth-order valence-corrected chi connectivity index (χ4v) is 2.45. The standard InChI is InChI=1S/C12H18BrNO2S/c1-9(10-5-7-11(13)8-6-10)14-17(15,16)12(2,3)4/h5-9,14H,1-4H3. The van der Waals surface area contributed by atoms with E-state index in [9.17, 15) is 8.42 Å². The molecule has 1 atom stereocenters. The minimum absolute atomic E-state index is 0.229. The van der Waals surface area contributed by atoms with Crippen LogP contribution in [-0.4, -0.2) is 13.2 Å². The van der Waals surface area contributed by atoms with E-state index in [0.717, 1.165) is 10.0 Å². The smallest absolute Gasteiger partial charge is 0.212 e. The predicted octanol–water partition coefficient (Wildman–Crippen LogP) is 3.23. The van der Waals surface area contributed by atoms with E-state index in [0.29, 0.717) is 0 Å². The van der Waals surface area contributed by atoms with Gasteiger partial charge in [-0.05, 0) is 45.4 Å². The van der Waals surface area contributed by atoms with Crippen molar-refractivity contribution >= 4 is 26.0 Å². The topological polar surface area (TPSA) is 46.2 Å². The van der Waals surface area contributed by atoms with E-state index < -0.39 is 14.8 Å². The maximum absolute atomic E-state index is 12.0. The first-order chi connectivity index (χ1) is 7.63. The molecule has 0 spiro atoms. The van der Waals surface area contributed by atoms with Gasteiger partial charge in [-0.15, -0.1) is 0 Å². The lowest BCUT2D eigenvalue weighted by atomic mass is 10.1. The summed E-state index contributed by atoms with van der Waals surface area (Å²) in [5.41, 5.74) is 0.945. The highest BCUT2D eigenvalue weighted by Gasteiger charge is 2.30. The van der Waals surface area contributed by atoms with E-state index in [2.05, 4.69) is 20.7 Å². The lowest BCUT2D eigenvalue weighted by Gasteiger charge is -2.23. The Labute approximate surface area is 112 Å². The van der Waals surface area contributed by atoms with Crippen molar-refractivity contribution in [3.05, 3.63) is 34.3 Å². The van der Waals surface area contributed by atoms with Gasteiger partial charge in [0.1, 0.15) is 0 Å². The molecule has 5 heteroatoms. The zero-order valence-corrected chi connectivity index (χ0v) is 12.9. The molecule has 0 bridgehead atoms. The summed E-state index contributed by atoms with van der Waals surface area (Å²) in [6.07, 6.45) is 0. The molecule has 0 aliphatic carbocycles. The Morgan fingerprint density at radius 2 is 1.65 bits per heavy atom. The third kappa shape index (κ3) is 3.79. The molecule has 1 aromatic rings. The molecule has 1 unspecified atom stereocenters. The number of nitrogens with one attached hydrogen (secondary N) is 1. The Morgan fingerprint density at radius 3 is 2.06 bits per heavy atom. The SMILES string of the molecule is CC(NS(=O)(=O)C(C)(C)C)c1ccc(Br)cc1. The highest BCUT2D eigenvalue weighted by atomic mass is 79.9. The zero-order valence-electron chi connectivity index (χ0n) is 10.5. The fourth-order valence-electron chi connectivity index (χ4n) is 1.23. The van der Waals surface area contributed by atoms with E-state index in [1.54, 1.807) is 20.8 Å². The Bertz CT molecular complexity index is 474. The van der Waals surface area contributed by atoms with Gasteiger partial charge in [-0.1, -0.05) is 28.1 Å². The summed E-state index contributed by atoms with van der Waals surface area (Å²) < 4.78 is 26.8. The molecule has 3 nitrogen and oxygen atoms in total. The van der Waals surface area contributed by atoms with Crippen LogP contribution in [0.15, 0.2) is 28.7 Å². The van der Waals surface area contributed by atoms with Gasteiger partial charge in [0.15, 0.2) is 0 Å². The van der Waals surface area contributed by atoms with Gasteiger partial charge in [-0.25, -0.2) is 13.1 Å². The maximum atomic E-state index is 12.0. The lowest BCUT2D eigenvalue weighted by Crippen LogP contribution is -2.40. The van der Waals surface area contributed by atoms with Crippen LogP contribution in [0.2, 0.25) is 0 Å². The van der Waals surface area contributed by atoms with Crippen molar-refractivity contribution in [2.24, 2.45) is 0 Å². The number of hydrogen-bond donors (Lipinski definition) is 1. The van der Waals surface area contributed by atoms with Crippen molar-refractivity contribution in [3.8, 4) is 0 Å². The summed E-state index contributed by atoms with van der Waals surface area (Å²) >= 11 is 3.35. The Balaban J connectivity index is 2.87. The number of benzene rings is 1. The number of halogens is 1. The molecular weight excluding hydrogens is 302 g/mol. The van der Waals surface area contributed by atoms with Crippen LogP contribution in [0.4, 0.5) is 0 Å². The van der Waals surface area contributed by atoms with Crippen LogP contribution in [-0.2, 0) is 10.0 Å². The Morgan fingerprint density at radius 1 is 1.18 bits per heavy atom. The van der Waals surface area contributed by atoms with Gasteiger partial charge in [0.2, 0.25) is 10.0 Å². The summed E-state index contributed by atoms with van der Waals surface area (Å²) in [6, 6.07) is 7.38. The van der Waals surface area contributed by atoms with Gasteiger partial charge in [0, 0.05) is 10.5 Å². The molecule has 0 saturated carbocycles. The molecular formula is C12H18BrNO2S. The van der Waals surface area contributed by atoms with Crippen molar-refractivity contribution in [1.29, 1.82) is 0 Å². The van der Waals surface area contributed by atoms with E-state index in [1.807, 2.05) is 31.2 Å². The van der Waals surface area contributed by atoms with Crippen molar-refractivity contribution in [3.63, 3.8) is 0 Å². The highest BCUT2D eigenvalue weighted by Crippen LogP contribution is 2.21. The normalized spacial score (nSPS) is 14.6. The van der Waals surface area contributed by atoms with Crippen LogP contribution in [0.1, 0.15) is 39.3 Å². The lowest BCUT2D eigenvalue weighted by molar-refractivity contribution is 0.532. The first-order valence-electron chi connectivity index (χ1n) is 5.41. The summed E-state index contributed by atoms with van der Waals surface area (Å²) in [5, 5.41) is 0. The molecule has 0 amide bonds. The first kappa shape index (κ1) is 14.7. The van der Waals surface area contributed by atoms with Gasteiger partial charge in [0.05, 0.1) is 4.75 Å². The van der Waals surface area contributed by atoms with Crippen molar-refractivity contribution in [2.75, 3.05) is 0 Å². The molecule has 0 aliphatic rings. The third-order valence-electron chi connectivity index (χ3n) is 2.51. The van der Waals surface area contributed by atoms with Crippen LogP contribution in [0, 0.1) is 0 Å². The van der Waals surface area contributed by atoms with E-state index in [1.165, 1.54) is 0 Å². The van der Waals surface area contributed by atoms with Crippen LogP contribution in [0.25, 0.3) is 0 Å². The average Bonchev–Trinajstić information content (AvgIpc) is 2.16. The molecule has 96 valence electrons. The summed E-state index contributed by atoms with van der Waals surface area (Å²) in [5.74, 6) is 0. The van der Waals surface area contributed by atoms with E-state index >= 15 is 0 Å². The second kappa shape index (κ2) is 5.08. The van der Waals surface area contributed by atoms with Gasteiger partial charge in [0.25, 0.3) is 0 Å².